The lowest BCUT2D eigenvalue weighted by Crippen LogP contribution is -2.28. The van der Waals surface area contributed by atoms with Gasteiger partial charge in [-0.15, -0.1) is 0 Å². The van der Waals surface area contributed by atoms with Gasteiger partial charge in [-0.2, -0.15) is 5.10 Å². The van der Waals surface area contributed by atoms with Crippen molar-refractivity contribution in [3.8, 4) is 17.1 Å². The van der Waals surface area contributed by atoms with E-state index in [4.69, 9.17) is 4.74 Å². The van der Waals surface area contributed by atoms with Gasteiger partial charge in [0.05, 0.1) is 11.8 Å². The minimum atomic E-state index is -0.544. The monoisotopic (exact) mass is 422 g/mol. The van der Waals surface area contributed by atoms with Gasteiger partial charge in [-0.3, -0.25) is 9.48 Å². The summed E-state index contributed by atoms with van der Waals surface area (Å²) in [4.78, 5) is 18.9. The first-order chi connectivity index (χ1) is 15.0. The van der Waals surface area contributed by atoms with Crippen molar-refractivity contribution in [3.63, 3.8) is 0 Å². The SMILES string of the molecule is Cn1ccc(-c2ccc(CN3Cc4ccnc(O[C@H]5CCC[C@@H]5O)c4C3=O)c(F)c2)n1. The number of aryl methyl sites for hydroxylation is 1. The number of aliphatic hydroxyl groups is 1. The molecule has 1 saturated carbocycles. The van der Waals surface area contributed by atoms with E-state index in [0.717, 1.165) is 18.4 Å². The molecule has 160 valence electrons. The molecule has 0 spiro atoms. The molecule has 2 aromatic heterocycles. The Bertz CT molecular complexity index is 1150. The van der Waals surface area contributed by atoms with E-state index in [0.29, 0.717) is 35.3 Å². The summed E-state index contributed by atoms with van der Waals surface area (Å²) in [7, 11) is 1.81. The largest absolute Gasteiger partial charge is 0.471 e. The van der Waals surface area contributed by atoms with E-state index in [-0.39, 0.29) is 30.3 Å². The first kappa shape index (κ1) is 19.7. The molecule has 31 heavy (non-hydrogen) atoms. The molecular weight excluding hydrogens is 399 g/mol. The third-order valence-electron chi connectivity index (χ3n) is 5.97. The van der Waals surface area contributed by atoms with Crippen LogP contribution >= 0.6 is 0 Å². The molecule has 3 aromatic rings. The third kappa shape index (κ3) is 3.67. The van der Waals surface area contributed by atoms with E-state index in [9.17, 15) is 14.3 Å². The number of aliphatic hydroxyl groups excluding tert-OH is 1. The van der Waals surface area contributed by atoms with Gasteiger partial charge in [-0.05, 0) is 43.0 Å². The summed E-state index contributed by atoms with van der Waals surface area (Å²) in [5.41, 5.74) is 3.02. The van der Waals surface area contributed by atoms with Gasteiger partial charge in [0.25, 0.3) is 5.91 Å². The minimum Gasteiger partial charge on any atom is -0.471 e. The number of benzene rings is 1. The van der Waals surface area contributed by atoms with E-state index >= 15 is 0 Å². The molecule has 2 aliphatic rings. The molecule has 8 heteroatoms. The molecule has 0 unspecified atom stereocenters. The second-order valence-corrected chi connectivity index (χ2v) is 8.15. The molecule has 0 bridgehead atoms. The molecule has 3 heterocycles. The fourth-order valence-electron chi connectivity index (χ4n) is 4.29. The van der Waals surface area contributed by atoms with Gasteiger partial charge in [0.15, 0.2) is 0 Å². The van der Waals surface area contributed by atoms with Crippen LogP contribution in [0.15, 0.2) is 42.7 Å². The molecule has 1 aliphatic carbocycles. The maximum absolute atomic E-state index is 14.8. The Labute approximate surface area is 179 Å². The number of ether oxygens (including phenoxy) is 1. The number of carbonyl (C=O) groups excluding carboxylic acids is 1. The molecule has 1 fully saturated rings. The van der Waals surface area contributed by atoms with Gasteiger partial charge >= 0.3 is 0 Å². The Morgan fingerprint density at radius 1 is 1.26 bits per heavy atom. The van der Waals surface area contributed by atoms with Gasteiger partial charge in [-0.1, -0.05) is 12.1 Å². The normalized spacial score (nSPS) is 20.4. The quantitative estimate of drug-likeness (QED) is 0.684. The number of amides is 1. The van der Waals surface area contributed by atoms with Gasteiger partial charge < -0.3 is 14.7 Å². The molecule has 0 saturated heterocycles. The minimum absolute atomic E-state index is 0.146. The summed E-state index contributed by atoms with van der Waals surface area (Å²) in [6.07, 6.45) is 4.82. The zero-order valence-electron chi connectivity index (χ0n) is 17.2. The summed E-state index contributed by atoms with van der Waals surface area (Å²) >= 11 is 0. The Kier molecular flexibility index (Phi) is 4.94. The number of aromatic nitrogens is 3. The maximum Gasteiger partial charge on any atom is 0.260 e. The van der Waals surface area contributed by atoms with Crippen LogP contribution < -0.4 is 4.74 Å². The number of rotatable bonds is 5. The van der Waals surface area contributed by atoms with Gasteiger partial charge in [0, 0.05) is 43.7 Å². The van der Waals surface area contributed by atoms with Crippen molar-refractivity contribution < 1.29 is 19.0 Å². The molecule has 1 aliphatic heterocycles. The van der Waals surface area contributed by atoms with Crippen molar-refractivity contribution in [2.75, 3.05) is 0 Å². The Morgan fingerprint density at radius 2 is 2.13 bits per heavy atom. The molecular formula is C23H23FN4O3. The summed E-state index contributed by atoms with van der Waals surface area (Å²) < 4.78 is 22.4. The van der Waals surface area contributed by atoms with E-state index < -0.39 is 6.10 Å². The highest BCUT2D eigenvalue weighted by Gasteiger charge is 2.35. The van der Waals surface area contributed by atoms with Crippen LogP contribution in [0.2, 0.25) is 0 Å². The van der Waals surface area contributed by atoms with Crippen molar-refractivity contribution in [1.82, 2.24) is 19.7 Å². The van der Waals surface area contributed by atoms with Crippen LogP contribution in [0.4, 0.5) is 4.39 Å². The average Bonchev–Trinajstić information content (AvgIpc) is 3.44. The summed E-state index contributed by atoms with van der Waals surface area (Å²) in [6.45, 7) is 0.509. The molecule has 2 atom stereocenters. The highest BCUT2D eigenvalue weighted by molar-refractivity contribution is 6.00. The third-order valence-corrected chi connectivity index (χ3v) is 5.97. The maximum atomic E-state index is 14.8. The van der Waals surface area contributed by atoms with E-state index in [1.807, 2.05) is 19.2 Å². The highest BCUT2D eigenvalue weighted by Crippen LogP contribution is 2.33. The fraction of sp³-hybridized carbons (Fsp3) is 0.348. The van der Waals surface area contributed by atoms with E-state index in [1.165, 1.54) is 6.07 Å². The summed E-state index contributed by atoms with van der Waals surface area (Å²) in [5.74, 6) is -0.365. The number of hydrogen-bond donors (Lipinski definition) is 1. The van der Waals surface area contributed by atoms with Crippen molar-refractivity contribution in [2.45, 2.75) is 44.6 Å². The first-order valence-electron chi connectivity index (χ1n) is 10.4. The van der Waals surface area contributed by atoms with Crippen molar-refractivity contribution in [1.29, 1.82) is 0 Å². The second kappa shape index (κ2) is 7.77. The van der Waals surface area contributed by atoms with Crippen LogP contribution in [0.25, 0.3) is 11.3 Å². The molecule has 5 rings (SSSR count). The Morgan fingerprint density at radius 3 is 2.84 bits per heavy atom. The van der Waals surface area contributed by atoms with Crippen LogP contribution in [0.3, 0.4) is 0 Å². The summed E-state index contributed by atoms with van der Waals surface area (Å²) in [6, 6.07) is 8.56. The average molecular weight is 422 g/mol. The number of fused-ring (bicyclic) bond motifs is 1. The molecule has 1 amide bonds. The van der Waals surface area contributed by atoms with Crippen LogP contribution in [0, 0.1) is 5.82 Å². The van der Waals surface area contributed by atoms with Crippen LogP contribution in [-0.2, 0) is 20.1 Å². The van der Waals surface area contributed by atoms with Gasteiger partial charge in [-0.25, -0.2) is 9.37 Å². The van der Waals surface area contributed by atoms with Crippen molar-refractivity contribution >= 4 is 5.91 Å². The molecule has 1 aromatic carbocycles. The Hall–Kier alpha value is -3.26. The fourth-order valence-corrected chi connectivity index (χ4v) is 4.29. The molecule has 1 N–H and O–H groups in total. The molecule has 0 radical (unpaired) electrons. The lowest BCUT2D eigenvalue weighted by atomic mass is 10.1. The predicted molar refractivity (Wildman–Crippen MR) is 111 cm³/mol. The lowest BCUT2D eigenvalue weighted by Gasteiger charge is -2.18. The number of pyridine rings is 1. The van der Waals surface area contributed by atoms with Crippen molar-refractivity contribution in [3.05, 3.63) is 65.2 Å². The highest BCUT2D eigenvalue weighted by atomic mass is 19.1. The lowest BCUT2D eigenvalue weighted by molar-refractivity contribution is 0.0553. The number of hydrogen-bond acceptors (Lipinski definition) is 5. The van der Waals surface area contributed by atoms with E-state index in [1.54, 1.807) is 34.1 Å². The van der Waals surface area contributed by atoms with Crippen LogP contribution in [-0.4, -0.2) is 42.9 Å². The van der Waals surface area contributed by atoms with Gasteiger partial charge in [0.1, 0.15) is 17.5 Å². The standard InChI is InChI=1S/C23H23FN4O3/c1-27-10-8-18(26-27)14-5-6-15(17(24)11-14)12-28-13-16-7-9-25-22(21(16)23(28)30)31-20-4-2-3-19(20)29/h5-11,19-20,29H,2-4,12-13H2,1H3/t19-,20-/m0/s1. The number of halogens is 1. The molecule has 7 nitrogen and oxygen atoms in total. The topological polar surface area (TPSA) is 80.5 Å². The summed E-state index contributed by atoms with van der Waals surface area (Å²) in [5, 5.41) is 14.4. The Balaban J connectivity index is 1.35. The van der Waals surface area contributed by atoms with Crippen LogP contribution in [0.1, 0.15) is 40.7 Å². The predicted octanol–water partition coefficient (Wildman–Crippen LogP) is 3.07. The van der Waals surface area contributed by atoms with Crippen molar-refractivity contribution in [2.24, 2.45) is 7.05 Å². The zero-order valence-corrected chi connectivity index (χ0v) is 17.2. The zero-order chi connectivity index (χ0) is 21.5. The van der Waals surface area contributed by atoms with Gasteiger partial charge in [0.2, 0.25) is 5.88 Å². The number of carbonyl (C=O) groups is 1. The van der Waals surface area contributed by atoms with E-state index in [2.05, 4.69) is 10.1 Å². The second-order valence-electron chi connectivity index (χ2n) is 8.15. The number of nitrogens with zero attached hydrogens (tertiary/aromatic N) is 4. The first-order valence-corrected chi connectivity index (χ1v) is 10.4. The smallest absolute Gasteiger partial charge is 0.260 e. The van der Waals surface area contributed by atoms with Crippen LogP contribution in [0.5, 0.6) is 5.88 Å².